The second kappa shape index (κ2) is 6.10. The van der Waals surface area contributed by atoms with Crippen LogP contribution in [0.3, 0.4) is 0 Å². The summed E-state index contributed by atoms with van der Waals surface area (Å²) in [5, 5.41) is 0. The summed E-state index contributed by atoms with van der Waals surface area (Å²) < 4.78 is 2.13. The molecule has 3 nitrogen and oxygen atoms in total. The number of fused-ring (bicyclic) bond motifs is 1. The van der Waals surface area contributed by atoms with Crippen molar-refractivity contribution in [1.29, 1.82) is 0 Å². The van der Waals surface area contributed by atoms with Crippen molar-refractivity contribution >= 4 is 23.1 Å². The van der Waals surface area contributed by atoms with Gasteiger partial charge in [-0.2, -0.15) is 0 Å². The zero-order valence-corrected chi connectivity index (χ0v) is 11.8. The van der Waals surface area contributed by atoms with E-state index in [0.29, 0.717) is 11.9 Å². The minimum absolute atomic E-state index is 0.525. The van der Waals surface area contributed by atoms with Crippen LogP contribution in [-0.2, 0) is 0 Å². The van der Waals surface area contributed by atoms with Gasteiger partial charge in [0, 0.05) is 30.9 Å². The standard InChI is InChI=1S/C14H20ClN3/c1-3-12(4-2)17(10-8-15)14-7-5-6-13-16-9-11-18(13)14/h5-7,9,11-12H,3-4,8,10H2,1-2H3. The van der Waals surface area contributed by atoms with E-state index >= 15 is 0 Å². The molecule has 2 rings (SSSR count). The van der Waals surface area contributed by atoms with Crippen LogP contribution in [0.15, 0.2) is 30.6 Å². The van der Waals surface area contributed by atoms with Crippen LogP contribution in [0.1, 0.15) is 26.7 Å². The lowest BCUT2D eigenvalue weighted by molar-refractivity contribution is 0.561. The number of hydrogen-bond acceptors (Lipinski definition) is 2. The first kappa shape index (κ1) is 13.2. The van der Waals surface area contributed by atoms with Gasteiger partial charge in [0.05, 0.1) is 0 Å². The molecule has 0 aliphatic rings. The lowest BCUT2D eigenvalue weighted by Crippen LogP contribution is -2.37. The molecule has 0 bridgehead atoms. The number of nitrogens with zero attached hydrogens (tertiary/aromatic N) is 3. The maximum atomic E-state index is 5.96. The molecule has 0 saturated heterocycles. The summed E-state index contributed by atoms with van der Waals surface area (Å²) in [4.78, 5) is 6.73. The predicted molar refractivity (Wildman–Crippen MR) is 77.6 cm³/mol. The zero-order chi connectivity index (χ0) is 13.0. The third-order valence-corrected chi connectivity index (χ3v) is 3.58. The van der Waals surface area contributed by atoms with Crippen molar-refractivity contribution in [2.24, 2.45) is 0 Å². The van der Waals surface area contributed by atoms with Crippen molar-refractivity contribution < 1.29 is 0 Å². The first-order chi connectivity index (χ1) is 8.81. The SMILES string of the molecule is CCC(CC)N(CCCl)c1cccc2nccn12. The van der Waals surface area contributed by atoms with E-state index in [2.05, 4.69) is 40.3 Å². The van der Waals surface area contributed by atoms with Crippen molar-refractivity contribution in [2.75, 3.05) is 17.3 Å². The molecule has 0 saturated carbocycles. The number of rotatable bonds is 6. The topological polar surface area (TPSA) is 20.5 Å². The van der Waals surface area contributed by atoms with Crippen LogP contribution in [0, 0.1) is 0 Å². The van der Waals surface area contributed by atoms with E-state index in [1.807, 2.05) is 18.5 Å². The van der Waals surface area contributed by atoms with Gasteiger partial charge in [0.1, 0.15) is 11.5 Å². The molecule has 0 amide bonds. The largest absolute Gasteiger partial charge is 0.354 e. The van der Waals surface area contributed by atoms with Gasteiger partial charge < -0.3 is 4.90 Å². The Morgan fingerprint density at radius 1 is 1.33 bits per heavy atom. The van der Waals surface area contributed by atoms with Crippen LogP contribution in [-0.4, -0.2) is 27.9 Å². The van der Waals surface area contributed by atoms with Crippen LogP contribution >= 0.6 is 11.6 Å². The molecule has 0 N–H and O–H groups in total. The molecule has 2 aromatic heterocycles. The number of halogens is 1. The number of anilines is 1. The molecule has 0 aliphatic carbocycles. The summed E-state index contributed by atoms with van der Waals surface area (Å²) in [6.07, 6.45) is 6.09. The predicted octanol–water partition coefficient (Wildman–Crippen LogP) is 3.57. The maximum Gasteiger partial charge on any atom is 0.138 e. The van der Waals surface area contributed by atoms with Gasteiger partial charge in [-0.05, 0) is 25.0 Å². The highest BCUT2D eigenvalue weighted by molar-refractivity contribution is 6.18. The highest BCUT2D eigenvalue weighted by Crippen LogP contribution is 2.21. The second-order valence-electron chi connectivity index (χ2n) is 4.39. The quantitative estimate of drug-likeness (QED) is 0.745. The number of hydrogen-bond donors (Lipinski definition) is 0. The number of pyridine rings is 1. The molecule has 4 heteroatoms. The average Bonchev–Trinajstić information content (AvgIpc) is 2.87. The Morgan fingerprint density at radius 2 is 2.11 bits per heavy atom. The fourth-order valence-electron chi connectivity index (χ4n) is 2.47. The van der Waals surface area contributed by atoms with E-state index in [-0.39, 0.29) is 0 Å². The molecule has 0 atom stereocenters. The molecule has 18 heavy (non-hydrogen) atoms. The van der Waals surface area contributed by atoms with E-state index in [1.165, 1.54) is 5.82 Å². The van der Waals surface area contributed by atoms with Gasteiger partial charge in [-0.25, -0.2) is 4.98 Å². The summed E-state index contributed by atoms with van der Waals surface area (Å²) in [6, 6.07) is 6.74. The molecule has 0 spiro atoms. The summed E-state index contributed by atoms with van der Waals surface area (Å²) >= 11 is 5.96. The summed E-state index contributed by atoms with van der Waals surface area (Å²) in [7, 11) is 0. The maximum absolute atomic E-state index is 5.96. The van der Waals surface area contributed by atoms with E-state index in [9.17, 15) is 0 Å². The van der Waals surface area contributed by atoms with Crippen LogP contribution in [0.2, 0.25) is 0 Å². The number of aromatic nitrogens is 2. The number of alkyl halides is 1. The third kappa shape index (κ3) is 2.46. The Bertz CT molecular complexity index is 490. The van der Waals surface area contributed by atoms with Crippen molar-refractivity contribution in [3.05, 3.63) is 30.6 Å². The first-order valence-corrected chi connectivity index (χ1v) is 7.10. The molecule has 0 aliphatic heterocycles. The Kier molecular flexibility index (Phi) is 4.48. The third-order valence-electron chi connectivity index (χ3n) is 3.41. The lowest BCUT2D eigenvalue weighted by Gasteiger charge is -2.32. The minimum atomic E-state index is 0.525. The second-order valence-corrected chi connectivity index (χ2v) is 4.77. The fraction of sp³-hybridized carbons (Fsp3) is 0.500. The highest BCUT2D eigenvalue weighted by Gasteiger charge is 2.17. The average molecular weight is 266 g/mol. The van der Waals surface area contributed by atoms with Crippen LogP contribution < -0.4 is 4.90 Å². The van der Waals surface area contributed by atoms with Gasteiger partial charge in [-0.1, -0.05) is 19.9 Å². The zero-order valence-electron chi connectivity index (χ0n) is 11.0. The molecular formula is C14H20ClN3. The van der Waals surface area contributed by atoms with Gasteiger partial charge in [0.25, 0.3) is 0 Å². The Balaban J connectivity index is 2.43. The smallest absolute Gasteiger partial charge is 0.138 e. The van der Waals surface area contributed by atoms with Gasteiger partial charge in [-0.3, -0.25) is 4.40 Å². The van der Waals surface area contributed by atoms with E-state index in [0.717, 1.165) is 25.0 Å². The molecule has 2 aromatic rings. The lowest BCUT2D eigenvalue weighted by atomic mass is 10.1. The normalized spacial score (nSPS) is 11.3. The fourth-order valence-corrected chi connectivity index (χ4v) is 2.65. The van der Waals surface area contributed by atoms with Crippen molar-refractivity contribution in [3.8, 4) is 0 Å². The van der Waals surface area contributed by atoms with Gasteiger partial charge in [0.2, 0.25) is 0 Å². The van der Waals surface area contributed by atoms with Crippen molar-refractivity contribution in [3.63, 3.8) is 0 Å². The Hall–Kier alpha value is -1.22. The Labute approximate surface area is 113 Å². The summed E-state index contributed by atoms with van der Waals surface area (Å²) in [5.74, 6) is 1.82. The molecule has 98 valence electrons. The Morgan fingerprint density at radius 3 is 2.78 bits per heavy atom. The van der Waals surface area contributed by atoms with Gasteiger partial charge >= 0.3 is 0 Å². The molecule has 0 radical (unpaired) electrons. The number of imidazole rings is 1. The molecular weight excluding hydrogens is 246 g/mol. The molecule has 0 aromatic carbocycles. The van der Waals surface area contributed by atoms with Crippen LogP contribution in [0.5, 0.6) is 0 Å². The summed E-state index contributed by atoms with van der Waals surface area (Å²) in [6.45, 7) is 5.32. The van der Waals surface area contributed by atoms with Crippen LogP contribution in [0.4, 0.5) is 5.82 Å². The molecule has 0 unspecified atom stereocenters. The monoisotopic (exact) mass is 265 g/mol. The first-order valence-electron chi connectivity index (χ1n) is 6.56. The van der Waals surface area contributed by atoms with Crippen molar-refractivity contribution in [1.82, 2.24) is 9.38 Å². The summed E-state index contributed by atoms with van der Waals surface area (Å²) in [5.41, 5.74) is 0.984. The highest BCUT2D eigenvalue weighted by atomic mass is 35.5. The van der Waals surface area contributed by atoms with E-state index in [4.69, 9.17) is 11.6 Å². The van der Waals surface area contributed by atoms with E-state index in [1.54, 1.807) is 0 Å². The molecule has 0 fully saturated rings. The molecule has 2 heterocycles. The van der Waals surface area contributed by atoms with E-state index < -0.39 is 0 Å². The van der Waals surface area contributed by atoms with Gasteiger partial charge in [0.15, 0.2) is 0 Å². The van der Waals surface area contributed by atoms with Crippen molar-refractivity contribution in [2.45, 2.75) is 32.7 Å². The van der Waals surface area contributed by atoms with Gasteiger partial charge in [-0.15, -0.1) is 11.6 Å². The van der Waals surface area contributed by atoms with Crippen LogP contribution in [0.25, 0.3) is 5.65 Å². The minimum Gasteiger partial charge on any atom is -0.354 e.